The number of rotatable bonds is 7. The number of carbonyl (C=O) groups is 1. The quantitative estimate of drug-likeness (QED) is 0.563. The largest absolute Gasteiger partial charge is 0.497 e. The highest BCUT2D eigenvalue weighted by molar-refractivity contribution is 7.92. The van der Waals surface area contributed by atoms with E-state index in [0.717, 1.165) is 34.7 Å². The van der Waals surface area contributed by atoms with Crippen molar-refractivity contribution < 1.29 is 17.9 Å². The van der Waals surface area contributed by atoms with E-state index in [1.54, 1.807) is 48.5 Å². The Morgan fingerprint density at radius 2 is 1.82 bits per heavy atom. The van der Waals surface area contributed by atoms with Gasteiger partial charge in [-0.3, -0.25) is 9.10 Å². The van der Waals surface area contributed by atoms with Crippen molar-refractivity contribution in [1.82, 2.24) is 5.32 Å². The van der Waals surface area contributed by atoms with Crippen LogP contribution in [0.2, 0.25) is 0 Å². The Balaban J connectivity index is 1.64. The van der Waals surface area contributed by atoms with Crippen molar-refractivity contribution in [3.8, 4) is 5.75 Å². The fraction of sp³-hybridized carbons (Fsp3) is 0.269. The van der Waals surface area contributed by atoms with Gasteiger partial charge in [-0.1, -0.05) is 48.0 Å². The molecule has 0 bridgehead atoms. The molecule has 1 aliphatic rings. The second-order valence-corrected chi connectivity index (χ2v) is 10.1. The molecule has 1 unspecified atom stereocenters. The van der Waals surface area contributed by atoms with E-state index in [1.165, 1.54) is 12.7 Å². The first-order chi connectivity index (χ1) is 15.9. The topological polar surface area (TPSA) is 75.7 Å². The summed E-state index contributed by atoms with van der Waals surface area (Å²) >= 11 is 0. The van der Waals surface area contributed by atoms with Gasteiger partial charge in [0.25, 0.3) is 10.0 Å². The number of aryl methyl sites for hydroxylation is 2. The summed E-state index contributed by atoms with van der Waals surface area (Å²) in [5.41, 5.74) is 3.65. The van der Waals surface area contributed by atoms with Crippen LogP contribution in [-0.2, 0) is 21.2 Å². The van der Waals surface area contributed by atoms with Crippen molar-refractivity contribution in [2.45, 2.75) is 37.1 Å². The molecule has 172 valence electrons. The van der Waals surface area contributed by atoms with Crippen LogP contribution in [-0.4, -0.2) is 28.0 Å². The van der Waals surface area contributed by atoms with E-state index in [2.05, 4.69) is 11.4 Å². The van der Waals surface area contributed by atoms with Gasteiger partial charge in [-0.05, 0) is 61.6 Å². The van der Waals surface area contributed by atoms with Crippen molar-refractivity contribution in [2.24, 2.45) is 0 Å². The number of methoxy groups -OCH3 is 1. The summed E-state index contributed by atoms with van der Waals surface area (Å²) in [5.74, 6) is 0.161. The van der Waals surface area contributed by atoms with E-state index in [-0.39, 0.29) is 23.4 Å². The molecule has 1 aliphatic carbocycles. The lowest BCUT2D eigenvalue weighted by atomic mass is 9.88. The fourth-order valence-electron chi connectivity index (χ4n) is 4.19. The number of nitrogens with one attached hydrogen (secondary N) is 1. The van der Waals surface area contributed by atoms with Gasteiger partial charge in [-0.15, -0.1) is 0 Å². The first kappa shape index (κ1) is 22.9. The minimum absolute atomic E-state index is 0.128. The average Bonchev–Trinajstić information content (AvgIpc) is 2.83. The first-order valence-electron chi connectivity index (χ1n) is 11.0. The molecule has 3 aromatic carbocycles. The molecule has 4 rings (SSSR count). The molecule has 33 heavy (non-hydrogen) atoms. The highest BCUT2D eigenvalue weighted by atomic mass is 32.2. The van der Waals surface area contributed by atoms with Crippen LogP contribution in [0.1, 0.15) is 35.6 Å². The monoisotopic (exact) mass is 464 g/mol. The second-order valence-electron chi connectivity index (χ2n) is 8.24. The molecule has 0 radical (unpaired) electrons. The lowest BCUT2D eigenvalue weighted by Crippen LogP contribution is -2.42. The number of nitrogens with zero attached hydrogens (tertiary/aromatic N) is 1. The second kappa shape index (κ2) is 9.67. The van der Waals surface area contributed by atoms with Gasteiger partial charge in [0.1, 0.15) is 12.3 Å². The minimum atomic E-state index is -3.98. The van der Waals surface area contributed by atoms with Crippen LogP contribution in [0.25, 0.3) is 0 Å². The van der Waals surface area contributed by atoms with E-state index in [4.69, 9.17) is 4.74 Å². The lowest BCUT2D eigenvalue weighted by molar-refractivity contribution is -0.120. The summed E-state index contributed by atoms with van der Waals surface area (Å²) < 4.78 is 33.6. The predicted octanol–water partition coefficient (Wildman–Crippen LogP) is 4.39. The lowest BCUT2D eigenvalue weighted by Gasteiger charge is -2.29. The highest BCUT2D eigenvalue weighted by Gasteiger charge is 2.29. The van der Waals surface area contributed by atoms with E-state index in [1.807, 2.05) is 25.1 Å². The van der Waals surface area contributed by atoms with Gasteiger partial charge in [0.05, 0.1) is 23.7 Å². The number of hydrogen-bond acceptors (Lipinski definition) is 4. The zero-order chi connectivity index (χ0) is 23.4. The maximum absolute atomic E-state index is 13.6. The Morgan fingerprint density at radius 3 is 2.58 bits per heavy atom. The van der Waals surface area contributed by atoms with Gasteiger partial charge in [0.15, 0.2) is 0 Å². The number of ether oxygens (including phenoxy) is 1. The molecule has 1 amide bonds. The van der Waals surface area contributed by atoms with E-state index in [9.17, 15) is 13.2 Å². The molecule has 3 aromatic rings. The number of hydrogen-bond donors (Lipinski definition) is 1. The number of fused-ring (bicyclic) bond motifs is 1. The summed E-state index contributed by atoms with van der Waals surface area (Å²) in [4.78, 5) is 13.3. The molecular weight excluding hydrogens is 436 g/mol. The van der Waals surface area contributed by atoms with Gasteiger partial charge in [-0.25, -0.2) is 8.42 Å². The van der Waals surface area contributed by atoms with Crippen LogP contribution >= 0.6 is 0 Å². The number of amides is 1. The summed E-state index contributed by atoms with van der Waals surface area (Å²) in [6.07, 6.45) is 2.79. The smallest absolute Gasteiger partial charge is 0.264 e. The van der Waals surface area contributed by atoms with Gasteiger partial charge in [0.2, 0.25) is 5.91 Å². The fourth-order valence-corrected chi connectivity index (χ4v) is 5.61. The van der Waals surface area contributed by atoms with Crippen molar-refractivity contribution in [2.75, 3.05) is 18.0 Å². The maximum atomic E-state index is 13.6. The SMILES string of the molecule is COc1cccc(N(CC(=O)NC2CCCc3ccccc32)S(=O)(=O)c2ccc(C)cc2)c1. The Labute approximate surface area is 195 Å². The van der Waals surface area contributed by atoms with Crippen molar-refractivity contribution in [1.29, 1.82) is 0 Å². The molecule has 1 N–H and O–H groups in total. The summed E-state index contributed by atoms with van der Waals surface area (Å²) in [5, 5.41) is 3.06. The van der Waals surface area contributed by atoms with E-state index in [0.29, 0.717) is 11.4 Å². The van der Waals surface area contributed by atoms with E-state index >= 15 is 0 Å². The third-order valence-corrected chi connectivity index (χ3v) is 7.73. The molecule has 0 aromatic heterocycles. The Morgan fingerprint density at radius 1 is 1.06 bits per heavy atom. The van der Waals surface area contributed by atoms with Gasteiger partial charge >= 0.3 is 0 Å². The van der Waals surface area contributed by atoms with Crippen LogP contribution < -0.4 is 14.4 Å². The van der Waals surface area contributed by atoms with Crippen LogP contribution in [0.3, 0.4) is 0 Å². The molecule has 1 atom stereocenters. The molecular formula is C26H28N2O4S. The number of carbonyl (C=O) groups excluding carboxylic acids is 1. The van der Waals surface area contributed by atoms with Gasteiger partial charge < -0.3 is 10.1 Å². The zero-order valence-corrected chi connectivity index (χ0v) is 19.6. The predicted molar refractivity (Wildman–Crippen MR) is 129 cm³/mol. The van der Waals surface area contributed by atoms with Crippen LogP contribution in [0.4, 0.5) is 5.69 Å². The molecule has 0 fully saturated rings. The van der Waals surface area contributed by atoms with Crippen LogP contribution in [0.5, 0.6) is 5.75 Å². The van der Waals surface area contributed by atoms with Crippen LogP contribution in [0.15, 0.2) is 77.7 Å². The molecule has 6 nitrogen and oxygen atoms in total. The Bertz CT molecular complexity index is 1240. The number of sulfonamides is 1. The normalized spacial score (nSPS) is 15.4. The highest BCUT2D eigenvalue weighted by Crippen LogP contribution is 2.30. The van der Waals surface area contributed by atoms with Crippen molar-refractivity contribution in [3.63, 3.8) is 0 Å². The Hall–Kier alpha value is -3.32. The maximum Gasteiger partial charge on any atom is 0.264 e. The first-order valence-corrected chi connectivity index (χ1v) is 12.4. The average molecular weight is 465 g/mol. The van der Waals surface area contributed by atoms with Crippen molar-refractivity contribution in [3.05, 3.63) is 89.5 Å². The van der Waals surface area contributed by atoms with Gasteiger partial charge in [-0.2, -0.15) is 0 Å². The number of anilines is 1. The molecule has 0 aliphatic heterocycles. The molecule has 0 heterocycles. The van der Waals surface area contributed by atoms with E-state index < -0.39 is 10.0 Å². The van der Waals surface area contributed by atoms with Gasteiger partial charge in [0, 0.05) is 6.07 Å². The third kappa shape index (κ3) is 5.03. The summed E-state index contributed by atoms with van der Waals surface area (Å²) in [6, 6.07) is 21.3. The molecule has 0 saturated heterocycles. The third-order valence-electron chi connectivity index (χ3n) is 5.94. The summed E-state index contributed by atoms with van der Waals surface area (Å²) in [6.45, 7) is 1.56. The molecule has 7 heteroatoms. The Kier molecular flexibility index (Phi) is 6.70. The summed E-state index contributed by atoms with van der Waals surface area (Å²) in [7, 11) is -2.46. The molecule has 0 saturated carbocycles. The minimum Gasteiger partial charge on any atom is -0.497 e. The zero-order valence-electron chi connectivity index (χ0n) is 18.8. The molecule has 0 spiro atoms. The number of benzene rings is 3. The van der Waals surface area contributed by atoms with Crippen molar-refractivity contribution >= 4 is 21.6 Å². The van der Waals surface area contributed by atoms with Crippen LogP contribution in [0, 0.1) is 6.92 Å². The standard InChI is InChI=1S/C26H28N2O4S/c1-19-13-15-23(16-14-19)33(30,31)28(21-9-6-10-22(17-21)32-2)18-26(29)27-25-12-5-8-20-7-3-4-11-24(20)25/h3-4,6-7,9-11,13-17,25H,5,8,12,18H2,1-2H3,(H,27,29).